The number of rotatable bonds is 5. The molecule has 29 heavy (non-hydrogen) atoms. The summed E-state index contributed by atoms with van der Waals surface area (Å²) in [6, 6.07) is 16.9. The highest BCUT2D eigenvalue weighted by Crippen LogP contribution is 2.25. The van der Waals surface area contributed by atoms with Gasteiger partial charge in [0.15, 0.2) is 0 Å². The van der Waals surface area contributed by atoms with Crippen LogP contribution in [0.2, 0.25) is 0 Å². The van der Waals surface area contributed by atoms with E-state index in [1.165, 1.54) is 12.0 Å². The van der Waals surface area contributed by atoms with Gasteiger partial charge in [-0.3, -0.25) is 19.3 Å². The van der Waals surface area contributed by atoms with Crippen molar-refractivity contribution in [3.05, 3.63) is 89.1 Å². The van der Waals surface area contributed by atoms with Gasteiger partial charge in [0.25, 0.3) is 17.7 Å². The van der Waals surface area contributed by atoms with Crippen LogP contribution < -0.4 is 10.1 Å². The molecule has 144 valence electrons. The minimum Gasteiger partial charge on any atom is -0.480 e. The van der Waals surface area contributed by atoms with Gasteiger partial charge >= 0.3 is 0 Å². The molecule has 7 heteroatoms. The normalized spacial score (nSPS) is 12.7. The van der Waals surface area contributed by atoms with E-state index in [1.54, 1.807) is 66.9 Å². The summed E-state index contributed by atoms with van der Waals surface area (Å²) in [7, 11) is 1.48. The highest BCUT2D eigenvalue weighted by atomic mass is 16.5. The van der Waals surface area contributed by atoms with Crippen molar-refractivity contribution >= 4 is 23.4 Å². The van der Waals surface area contributed by atoms with Gasteiger partial charge in [-0.1, -0.05) is 24.3 Å². The molecule has 1 N–H and O–H groups in total. The van der Waals surface area contributed by atoms with Crippen LogP contribution in [0, 0.1) is 0 Å². The number of nitrogens with one attached hydrogen (secondary N) is 1. The summed E-state index contributed by atoms with van der Waals surface area (Å²) in [5.74, 6) is -0.612. The zero-order valence-electron chi connectivity index (χ0n) is 15.6. The van der Waals surface area contributed by atoms with Crippen LogP contribution in [0.4, 0.5) is 5.69 Å². The molecule has 1 aliphatic rings. The Morgan fingerprint density at radius 1 is 0.966 bits per heavy atom. The first kappa shape index (κ1) is 18.4. The number of fused-ring (bicyclic) bond motifs is 1. The fourth-order valence-corrected chi connectivity index (χ4v) is 3.17. The Hall–Kier alpha value is -4.00. The van der Waals surface area contributed by atoms with Crippen LogP contribution in [0.5, 0.6) is 5.88 Å². The number of carbonyl (C=O) groups excluding carboxylic acids is 3. The molecule has 2 heterocycles. The van der Waals surface area contributed by atoms with Crippen LogP contribution in [-0.4, -0.2) is 34.7 Å². The lowest BCUT2D eigenvalue weighted by molar-refractivity contribution is 0.0642. The third kappa shape index (κ3) is 3.45. The molecule has 3 amide bonds. The predicted octanol–water partition coefficient (Wildman–Crippen LogP) is 3.14. The Bertz CT molecular complexity index is 1070. The third-order valence-electron chi connectivity index (χ3n) is 4.65. The summed E-state index contributed by atoms with van der Waals surface area (Å²) in [6.45, 7) is 0.144. The van der Waals surface area contributed by atoms with Crippen molar-refractivity contribution in [2.45, 2.75) is 6.54 Å². The van der Waals surface area contributed by atoms with Gasteiger partial charge in [0.2, 0.25) is 5.88 Å². The van der Waals surface area contributed by atoms with E-state index in [2.05, 4.69) is 10.3 Å². The first-order valence-corrected chi connectivity index (χ1v) is 8.93. The molecule has 1 aliphatic heterocycles. The van der Waals surface area contributed by atoms with E-state index in [9.17, 15) is 14.4 Å². The Labute approximate surface area is 166 Å². The minimum absolute atomic E-state index is 0.144. The standard InChI is InChI=1S/C22H17N3O4/c1-29-20-18(7-4-12-23-20)24-19(26)15-10-8-14(9-11-15)13-25-21(27)16-5-2-3-6-17(16)22(25)28/h2-12H,13H2,1H3,(H,24,26). The Kier molecular flexibility index (Phi) is 4.78. The predicted molar refractivity (Wildman–Crippen MR) is 106 cm³/mol. The molecule has 0 aliphatic carbocycles. The van der Waals surface area contributed by atoms with Gasteiger partial charge in [0.1, 0.15) is 5.69 Å². The fourth-order valence-electron chi connectivity index (χ4n) is 3.17. The number of hydrogen-bond donors (Lipinski definition) is 1. The molecule has 3 aromatic rings. The number of imide groups is 1. The molecule has 4 rings (SSSR count). The van der Waals surface area contributed by atoms with Crippen molar-refractivity contribution in [3.63, 3.8) is 0 Å². The second kappa shape index (κ2) is 7.55. The molecule has 0 saturated carbocycles. The molecule has 0 unspecified atom stereocenters. The van der Waals surface area contributed by atoms with Crippen molar-refractivity contribution in [2.24, 2.45) is 0 Å². The molecule has 0 atom stereocenters. The molecule has 0 radical (unpaired) electrons. The number of anilines is 1. The molecule has 0 saturated heterocycles. The van der Waals surface area contributed by atoms with Crippen molar-refractivity contribution in [1.82, 2.24) is 9.88 Å². The number of pyridine rings is 1. The van der Waals surface area contributed by atoms with Crippen molar-refractivity contribution in [3.8, 4) is 5.88 Å². The van der Waals surface area contributed by atoms with E-state index >= 15 is 0 Å². The maximum atomic E-state index is 12.5. The number of carbonyl (C=O) groups is 3. The summed E-state index contributed by atoms with van der Waals surface area (Å²) in [4.78, 5) is 42.7. The van der Waals surface area contributed by atoms with Crippen LogP contribution in [0.25, 0.3) is 0 Å². The van der Waals surface area contributed by atoms with Gasteiger partial charge in [-0.15, -0.1) is 0 Å². The van der Waals surface area contributed by atoms with Crippen LogP contribution >= 0.6 is 0 Å². The van der Waals surface area contributed by atoms with Crippen LogP contribution in [0.3, 0.4) is 0 Å². The van der Waals surface area contributed by atoms with Crippen molar-refractivity contribution < 1.29 is 19.1 Å². The summed E-state index contributed by atoms with van der Waals surface area (Å²) in [5.41, 5.74) is 2.48. The van der Waals surface area contributed by atoms with E-state index in [1.807, 2.05) is 0 Å². The van der Waals surface area contributed by atoms with E-state index in [4.69, 9.17) is 4.74 Å². The fraction of sp³-hybridized carbons (Fsp3) is 0.0909. The molecule has 7 nitrogen and oxygen atoms in total. The van der Waals surface area contributed by atoms with E-state index < -0.39 is 0 Å². The molecular formula is C22H17N3O4. The molecule has 0 fully saturated rings. The van der Waals surface area contributed by atoms with E-state index in [-0.39, 0.29) is 24.3 Å². The number of nitrogens with zero attached hydrogens (tertiary/aromatic N) is 2. The second-order valence-corrected chi connectivity index (χ2v) is 6.45. The number of amides is 3. The van der Waals surface area contributed by atoms with Crippen molar-refractivity contribution in [1.29, 1.82) is 0 Å². The molecule has 0 spiro atoms. The molecular weight excluding hydrogens is 370 g/mol. The molecule has 2 aromatic carbocycles. The third-order valence-corrected chi connectivity index (χ3v) is 4.65. The molecule has 1 aromatic heterocycles. The van der Waals surface area contributed by atoms with Gasteiger partial charge in [0, 0.05) is 11.8 Å². The van der Waals surface area contributed by atoms with E-state index in [0.717, 1.165) is 5.56 Å². The van der Waals surface area contributed by atoms with E-state index in [0.29, 0.717) is 28.3 Å². The monoisotopic (exact) mass is 387 g/mol. The lowest BCUT2D eigenvalue weighted by Gasteiger charge is -2.14. The van der Waals surface area contributed by atoms with Crippen LogP contribution in [-0.2, 0) is 6.54 Å². The topological polar surface area (TPSA) is 88.6 Å². The Balaban J connectivity index is 1.47. The lowest BCUT2D eigenvalue weighted by Crippen LogP contribution is -2.29. The highest BCUT2D eigenvalue weighted by Gasteiger charge is 2.34. The zero-order valence-corrected chi connectivity index (χ0v) is 15.6. The highest BCUT2D eigenvalue weighted by molar-refractivity contribution is 6.21. The van der Waals surface area contributed by atoms with Crippen molar-refractivity contribution in [2.75, 3.05) is 12.4 Å². The average molecular weight is 387 g/mol. The minimum atomic E-state index is -0.316. The number of hydrogen-bond acceptors (Lipinski definition) is 5. The zero-order chi connectivity index (χ0) is 20.4. The Morgan fingerprint density at radius 3 is 2.24 bits per heavy atom. The van der Waals surface area contributed by atoms with Gasteiger partial charge in [-0.25, -0.2) is 4.98 Å². The quantitative estimate of drug-likeness (QED) is 0.680. The van der Waals surface area contributed by atoms with Crippen LogP contribution in [0.1, 0.15) is 36.6 Å². The number of aromatic nitrogens is 1. The first-order valence-electron chi connectivity index (χ1n) is 8.93. The van der Waals surface area contributed by atoms with Gasteiger partial charge in [0.05, 0.1) is 24.8 Å². The smallest absolute Gasteiger partial charge is 0.261 e. The van der Waals surface area contributed by atoms with Gasteiger partial charge in [-0.05, 0) is 42.0 Å². The first-order chi connectivity index (χ1) is 14.1. The second-order valence-electron chi connectivity index (χ2n) is 6.45. The summed E-state index contributed by atoms with van der Waals surface area (Å²) in [5, 5.41) is 2.75. The maximum Gasteiger partial charge on any atom is 0.261 e. The summed E-state index contributed by atoms with van der Waals surface area (Å²) in [6.07, 6.45) is 1.57. The molecule has 0 bridgehead atoms. The lowest BCUT2D eigenvalue weighted by atomic mass is 10.1. The number of methoxy groups -OCH3 is 1. The van der Waals surface area contributed by atoms with Gasteiger partial charge in [-0.2, -0.15) is 0 Å². The summed E-state index contributed by atoms with van der Waals surface area (Å²) >= 11 is 0. The largest absolute Gasteiger partial charge is 0.480 e. The number of ether oxygens (including phenoxy) is 1. The maximum absolute atomic E-state index is 12.5. The SMILES string of the molecule is COc1ncccc1NC(=O)c1ccc(CN2C(=O)c3ccccc3C2=O)cc1. The Morgan fingerprint density at radius 2 is 1.62 bits per heavy atom. The number of benzene rings is 2. The van der Waals surface area contributed by atoms with Gasteiger partial charge < -0.3 is 10.1 Å². The summed E-state index contributed by atoms with van der Waals surface area (Å²) < 4.78 is 5.13. The average Bonchev–Trinajstić information content (AvgIpc) is 3.00. The van der Waals surface area contributed by atoms with Crippen LogP contribution in [0.15, 0.2) is 66.9 Å².